The van der Waals surface area contributed by atoms with E-state index < -0.39 is 0 Å². The van der Waals surface area contributed by atoms with Crippen LogP contribution in [0, 0.1) is 32.4 Å². The van der Waals surface area contributed by atoms with E-state index in [0.717, 1.165) is 78.0 Å². The second-order valence-electron chi connectivity index (χ2n) is 11.6. The number of fused-ring (bicyclic) bond motifs is 1. The molecule has 0 saturated heterocycles. The van der Waals surface area contributed by atoms with E-state index in [-0.39, 0.29) is 35.6 Å². The molecule has 0 spiro atoms. The van der Waals surface area contributed by atoms with Gasteiger partial charge in [0.25, 0.3) is 0 Å². The van der Waals surface area contributed by atoms with Crippen molar-refractivity contribution in [2.45, 2.75) is 20.8 Å². The van der Waals surface area contributed by atoms with Gasteiger partial charge in [0.05, 0.1) is 32.3 Å². The zero-order chi connectivity index (χ0) is 32.7. The zero-order valence-corrected chi connectivity index (χ0v) is 29.6. The van der Waals surface area contributed by atoms with Gasteiger partial charge in [-0.05, 0) is 113 Å². The van der Waals surface area contributed by atoms with Gasteiger partial charge >= 0.3 is 0 Å². The molecule has 240 valence electrons. The first-order valence-electron chi connectivity index (χ1n) is 15.0. The lowest BCUT2D eigenvalue weighted by molar-refractivity contribution is -0.665. The van der Waals surface area contributed by atoms with Crippen molar-refractivity contribution < 1.29 is 51.5 Å². The maximum atomic E-state index is 13.9. The molecule has 0 amide bonds. The third kappa shape index (κ3) is 6.29. The highest BCUT2D eigenvalue weighted by atomic mass is 127. The molecule has 5 aromatic carbocycles. The van der Waals surface area contributed by atoms with Crippen molar-refractivity contribution in [3.8, 4) is 61.9 Å². The summed E-state index contributed by atoms with van der Waals surface area (Å²) in [6, 6.07) is 27.5. The summed E-state index contributed by atoms with van der Waals surface area (Å²) >= 11 is 0. The van der Waals surface area contributed by atoms with Crippen LogP contribution in [0.2, 0.25) is 0 Å². The Bertz CT molecular complexity index is 2050. The Labute approximate surface area is 291 Å². The van der Waals surface area contributed by atoms with E-state index in [0.29, 0.717) is 11.5 Å². The van der Waals surface area contributed by atoms with E-state index in [1.165, 1.54) is 24.3 Å². The third-order valence-electron chi connectivity index (χ3n) is 8.92. The Morgan fingerprint density at radius 3 is 1.60 bits per heavy atom. The minimum absolute atomic E-state index is 0. The summed E-state index contributed by atoms with van der Waals surface area (Å²) in [7, 11) is 7.03. The summed E-state index contributed by atoms with van der Waals surface area (Å²) in [6.07, 6.45) is 0. The van der Waals surface area contributed by atoms with E-state index in [4.69, 9.17) is 14.2 Å². The summed E-state index contributed by atoms with van der Waals surface area (Å²) in [5.74, 6) is 1.44. The van der Waals surface area contributed by atoms with E-state index in [9.17, 15) is 8.78 Å². The molecule has 0 unspecified atom stereocenters. The number of pyridine rings is 1. The lowest BCUT2D eigenvalue weighted by atomic mass is 9.91. The molecule has 0 N–H and O–H groups in total. The topological polar surface area (TPSA) is 31.6 Å². The van der Waals surface area contributed by atoms with Gasteiger partial charge in [0.2, 0.25) is 5.69 Å². The Hall–Kier alpha value is -4.50. The molecule has 0 atom stereocenters. The first-order valence-corrected chi connectivity index (χ1v) is 15.0. The summed E-state index contributed by atoms with van der Waals surface area (Å²) < 4.78 is 47.7. The minimum atomic E-state index is -0.306. The Kier molecular flexibility index (Phi) is 9.86. The fraction of sp³-hybridized carbons (Fsp3) is 0.175. The number of ether oxygens (including phenoxy) is 3. The van der Waals surface area contributed by atoms with Crippen molar-refractivity contribution in [3.63, 3.8) is 0 Å². The molecule has 6 rings (SSSR count). The average Bonchev–Trinajstić information content (AvgIpc) is 3.07. The molecule has 0 bridgehead atoms. The lowest BCUT2D eigenvalue weighted by Crippen LogP contribution is -3.00. The normalized spacial score (nSPS) is 10.9. The second kappa shape index (κ2) is 13.7. The van der Waals surface area contributed by atoms with Gasteiger partial charge in [0.1, 0.15) is 24.4 Å². The predicted octanol–water partition coefficient (Wildman–Crippen LogP) is 6.57. The molecule has 7 heteroatoms. The monoisotopic (exact) mass is 743 g/mol. The summed E-state index contributed by atoms with van der Waals surface area (Å²) in [6.45, 7) is 6.29. The Balaban J connectivity index is 0.00000433. The van der Waals surface area contributed by atoms with Crippen molar-refractivity contribution in [2.24, 2.45) is 7.05 Å². The van der Waals surface area contributed by atoms with Gasteiger partial charge in [-0.25, -0.2) is 8.78 Å². The van der Waals surface area contributed by atoms with Crippen LogP contribution in [0.15, 0.2) is 91.0 Å². The van der Waals surface area contributed by atoms with Gasteiger partial charge in [-0.1, -0.05) is 30.3 Å². The molecule has 4 nitrogen and oxygen atoms in total. The standard InChI is InChI=1S/C40H36F2NO3.HI/c1-23-16-32-21-36(43(4)25(3)38(32)39(45-6)24(23)2)31-20-35(40(46-7)37(22-31)44-5)30-18-28(26-8-12-33(41)13-9-26)17-29(19-30)27-10-14-34(42)15-11-27;/h8-22H,1-7H3;1H/q+1;/p-1. The lowest BCUT2D eigenvalue weighted by Gasteiger charge is -2.18. The van der Waals surface area contributed by atoms with Crippen LogP contribution in [-0.2, 0) is 7.05 Å². The van der Waals surface area contributed by atoms with Gasteiger partial charge in [-0.3, -0.25) is 0 Å². The fourth-order valence-corrected chi connectivity index (χ4v) is 6.25. The van der Waals surface area contributed by atoms with Crippen LogP contribution in [0.4, 0.5) is 8.78 Å². The van der Waals surface area contributed by atoms with Gasteiger partial charge < -0.3 is 38.2 Å². The number of benzene rings is 5. The predicted molar refractivity (Wildman–Crippen MR) is 181 cm³/mol. The minimum Gasteiger partial charge on any atom is -1.00 e. The zero-order valence-electron chi connectivity index (χ0n) is 27.5. The van der Waals surface area contributed by atoms with Crippen LogP contribution < -0.4 is 42.8 Å². The molecular formula is C40H36F2INO3. The van der Waals surface area contributed by atoms with Gasteiger partial charge in [0, 0.05) is 18.6 Å². The smallest absolute Gasteiger partial charge is 0.213 e. The van der Waals surface area contributed by atoms with Crippen LogP contribution in [0.1, 0.15) is 16.8 Å². The number of nitrogens with zero attached hydrogens (tertiary/aromatic N) is 1. The molecule has 6 aromatic rings. The maximum absolute atomic E-state index is 13.9. The molecule has 0 saturated carbocycles. The second-order valence-corrected chi connectivity index (χ2v) is 11.6. The van der Waals surface area contributed by atoms with Crippen molar-refractivity contribution in [2.75, 3.05) is 21.3 Å². The van der Waals surface area contributed by atoms with Gasteiger partial charge in [-0.2, -0.15) is 4.57 Å². The largest absolute Gasteiger partial charge is 1.00 e. The molecule has 1 aromatic heterocycles. The molecule has 0 aliphatic heterocycles. The first kappa shape index (κ1) is 33.9. The molecule has 0 radical (unpaired) electrons. The highest BCUT2D eigenvalue weighted by molar-refractivity contribution is 5.94. The summed E-state index contributed by atoms with van der Waals surface area (Å²) in [5.41, 5.74) is 10.4. The SMILES string of the molecule is COc1cc(-c2cc3cc(C)c(C)c(OC)c3c(C)[n+]2C)cc(-c2cc(-c3ccc(F)cc3)cc(-c3ccc(F)cc3)c2)c1OC.[I-]. The number of aryl methyl sites for hydroxylation is 2. The van der Waals surface area contributed by atoms with Gasteiger partial charge in [0.15, 0.2) is 17.2 Å². The van der Waals surface area contributed by atoms with E-state index in [1.54, 1.807) is 45.6 Å². The number of rotatable bonds is 7. The average molecular weight is 744 g/mol. The maximum Gasteiger partial charge on any atom is 0.213 e. The summed E-state index contributed by atoms with van der Waals surface area (Å²) in [5, 5.41) is 2.16. The van der Waals surface area contributed by atoms with E-state index >= 15 is 0 Å². The first-order chi connectivity index (χ1) is 22.1. The third-order valence-corrected chi connectivity index (χ3v) is 8.92. The molecular weight excluding hydrogens is 707 g/mol. The molecule has 0 aliphatic carbocycles. The number of methoxy groups -OCH3 is 3. The molecule has 47 heavy (non-hydrogen) atoms. The van der Waals surface area contributed by atoms with Gasteiger partial charge in [-0.15, -0.1) is 0 Å². The molecule has 0 fully saturated rings. The molecule has 1 heterocycles. The van der Waals surface area contributed by atoms with Crippen LogP contribution in [0.3, 0.4) is 0 Å². The number of hydrogen-bond donors (Lipinski definition) is 0. The molecule has 0 aliphatic rings. The highest BCUT2D eigenvalue weighted by Gasteiger charge is 2.24. The van der Waals surface area contributed by atoms with Crippen molar-refractivity contribution in [3.05, 3.63) is 119 Å². The van der Waals surface area contributed by atoms with Crippen LogP contribution >= 0.6 is 0 Å². The highest BCUT2D eigenvalue weighted by Crippen LogP contribution is 2.44. The number of halogens is 3. The van der Waals surface area contributed by atoms with Crippen LogP contribution in [-0.4, -0.2) is 21.3 Å². The van der Waals surface area contributed by atoms with E-state index in [1.807, 2.05) is 12.1 Å². The number of aromatic nitrogens is 1. The van der Waals surface area contributed by atoms with Crippen molar-refractivity contribution in [1.82, 2.24) is 0 Å². The van der Waals surface area contributed by atoms with Crippen molar-refractivity contribution >= 4 is 10.8 Å². The Morgan fingerprint density at radius 1 is 0.553 bits per heavy atom. The fourth-order valence-electron chi connectivity index (χ4n) is 6.25. The summed E-state index contributed by atoms with van der Waals surface area (Å²) in [4.78, 5) is 0. The van der Waals surface area contributed by atoms with E-state index in [2.05, 4.69) is 62.7 Å². The van der Waals surface area contributed by atoms with Crippen molar-refractivity contribution in [1.29, 1.82) is 0 Å². The number of hydrogen-bond acceptors (Lipinski definition) is 3. The van der Waals surface area contributed by atoms with Crippen LogP contribution in [0.5, 0.6) is 17.2 Å². The Morgan fingerprint density at radius 2 is 1.09 bits per heavy atom. The quantitative estimate of drug-likeness (QED) is 0.137. The van der Waals surface area contributed by atoms with Crippen LogP contribution in [0.25, 0.3) is 55.4 Å².